The number of pyridine rings is 1. The summed E-state index contributed by atoms with van der Waals surface area (Å²) in [7, 11) is 0. The first-order valence-electron chi connectivity index (χ1n) is 4.49. The smallest absolute Gasteiger partial charge is 0.144 e. The second-order valence-corrected chi connectivity index (χ2v) is 4.34. The van der Waals surface area contributed by atoms with Gasteiger partial charge in [-0.05, 0) is 46.3 Å². The van der Waals surface area contributed by atoms with Crippen LogP contribution in [0, 0.1) is 5.82 Å². The van der Waals surface area contributed by atoms with Crippen LogP contribution in [-0.2, 0) is 0 Å². The molecule has 2 rings (SSSR count). The Labute approximate surface area is 106 Å². The standard InChI is InChI=1S/C11H7BrClFN2/c12-8-2-1-5-15-11(8)16-10-6-7(14)3-4-9(10)13/h1-6H,(H,15,16). The summed E-state index contributed by atoms with van der Waals surface area (Å²) in [5.41, 5.74) is 0.487. The lowest BCUT2D eigenvalue weighted by Gasteiger charge is -2.08. The summed E-state index contributed by atoms with van der Waals surface area (Å²) in [6.45, 7) is 0. The molecule has 16 heavy (non-hydrogen) atoms. The Morgan fingerprint density at radius 2 is 2.12 bits per heavy atom. The Morgan fingerprint density at radius 1 is 1.31 bits per heavy atom. The molecule has 2 aromatic rings. The van der Waals surface area contributed by atoms with Crippen molar-refractivity contribution in [2.45, 2.75) is 0 Å². The van der Waals surface area contributed by atoms with Crippen molar-refractivity contribution in [2.24, 2.45) is 0 Å². The highest BCUT2D eigenvalue weighted by molar-refractivity contribution is 9.10. The van der Waals surface area contributed by atoms with Gasteiger partial charge in [-0.1, -0.05) is 11.6 Å². The van der Waals surface area contributed by atoms with E-state index in [1.165, 1.54) is 18.2 Å². The van der Waals surface area contributed by atoms with Gasteiger partial charge >= 0.3 is 0 Å². The van der Waals surface area contributed by atoms with E-state index in [2.05, 4.69) is 26.2 Å². The Hall–Kier alpha value is -1.13. The third kappa shape index (κ3) is 2.51. The number of nitrogens with one attached hydrogen (secondary N) is 1. The summed E-state index contributed by atoms with van der Waals surface area (Å²) in [6.07, 6.45) is 1.64. The molecule has 0 aliphatic rings. The molecule has 0 radical (unpaired) electrons. The highest BCUT2D eigenvalue weighted by Gasteiger charge is 2.05. The Morgan fingerprint density at radius 3 is 2.88 bits per heavy atom. The number of halogens is 3. The third-order valence-corrected chi connectivity index (χ3v) is 2.91. The van der Waals surface area contributed by atoms with Gasteiger partial charge in [0.15, 0.2) is 0 Å². The maximum Gasteiger partial charge on any atom is 0.144 e. The molecule has 0 aliphatic carbocycles. The zero-order valence-corrected chi connectivity index (χ0v) is 10.4. The normalized spacial score (nSPS) is 10.2. The first kappa shape index (κ1) is 11.4. The average Bonchev–Trinajstić information content (AvgIpc) is 2.27. The van der Waals surface area contributed by atoms with Gasteiger partial charge in [-0.15, -0.1) is 0 Å². The highest BCUT2D eigenvalue weighted by Crippen LogP contribution is 2.28. The molecular formula is C11H7BrClFN2. The van der Waals surface area contributed by atoms with Crippen molar-refractivity contribution in [3.63, 3.8) is 0 Å². The summed E-state index contributed by atoms with van der Waals surface area (Å²) in [6, 6.07) is 7.76. The van der Waals surface area contributed by atoms with E-state index in [9.17, 15) is 4.39 Å². The number of aromatic nitrogens is 1. The Bertz CT molecular complexity index is 519. The van der Waals surface area contributed by atoms with E-state index in [1.54, 1.807) is 12.3 Å². The quantitative estimate of drug-likeness (QED) is 0.890. The van der Waals surface area contributed by atoms with Crippen LogP contribution in [0.2, 0.25) is 5.02 Å². The molecule has 0 unspecified atom stereocenters. The van der Waals surface area contributed by atoms with Crippen molar-refractivity contribution in [3.05, 3.63) is 51.8 Å². The van der Waals surface area contributed by atoms with Crippen molar-refractivity contribution >= 4 is 39.0 Å². The molecule has 1 heterocycles. The van der Waals surface area contributed by atoms with Crippen LogP contribution in [0.3, 0.4) is 0 Å². The van der Waals surface area contributed by atoms with E-state index in [0.29, 0.717) is 16.5 Å². The maximum atomic E-state index is 13.0. The zero-order chi connectivity index (χ0) is 11.5. The molecule has 0 aliphatic heterocycles. The van der Waals surface area contributed by atoms with Gasteiger partial charge < -0.3 is 5.32 Å². The van der Waals surface area contributed by atoms with E-state index >= 15 is 0 Å². The monoisotopic (exact) mass is 300 g/mol. The van der Waals surface area contributed by atoms with Crippen LogP contribution < -0.4 is 5.32 Å². The van der Waals surface area contributed by atoms with Gasteiger partial charge in [0.05, 0.1) is 15.2 Å². The zero-order valence-electron chi connectivity index (χ0n) is 8.05. The van der Waals surface area contributed by atoms with Gasteiger partial charge in [0, 0.05) is 6.20 Å². The van der Waals surface area contributed by atoms with Crippen LogP contribution in [0.4, 0.5) is 15.9 Å². The second-order valence-electron chi connectivity index (χ2n) is 3.08. The first-order chi connectivity index (χ1) is 7.66. The molecule has 1 aromatic carbocycles. The first-order valence-corrected chi connectivity index (χ1v) is 5.66. The molecule has 0 saturated carbocycles. The van der Waals surface area contributed by atoms with Crippen LogP contribution >= 0.6 is 27.5 Å². The van der Waals surface area contributed by atoms with Crippen LogP contribution in [0.1, 0.15) is 0 Å². The largest absolute Gasteiger partial charge is 0.338 e. The fourth-order valence-electron chi connectivity index (χ4n) is 1.20. The SMILES string of the molecule is Fc1ccc(Cl)c(Nc2ncccc2Br)c1. The predicted molar refractivity (Wildman–Crippen MR) is 66.6 cm³/mol. The molecule has 1 N–H and O–H groups in total. The minimum Gasteiger partial charge on any atom is -0.338 e. The number of anilines is 2. The molecule has 0 saturated heterocycles. The number of nitrogens with zero attached hydrogens (tertiary/aromatic N) is 1. The third-order valence-electron chi connectivity index (χ3n) is 1.94. The van der Waals surface area contributed by atoms with Gasteiger partial charge in [0.1, 0.15) is 11.6 Å². The summed E-state index contributed by atoms with van der Waals surface area (Å²) < 4.78 is 13.8. The lowest BCUT2D eigenvalue weighted by atomic mass is 10.3. The van der Waals surface area contributed by atoms with Gasteiger partial charge in [-0.3, -0.25) is 0 Å². The molecular weight excluding hydrogens is 294 g/mol. The van der Waals surface area contributed by atoms with Gasteiger partial charge in [0.25, 0.3) is 0 Å². The van der Waals surface area contributed by atoms with Gasteiger partial charge in [0.2, 0.25) is 0 Å². The minimum absolute atomic E-state index is 0.348. The number of rotatable bonds is 2. The van der Waals surface area contributed by atoms with Crippen LogP contribution in [0.15, 0.2) is 41.0 Å². The van der Waals surface area contributed by atoms with Crippen molar-refractivity contribution in [1.29, 1.82) is 0 Å². The summed E-state index contributed by atoms with van der Waals surface area (Å²) in [5, 5.41) is 3.39. The maximum absolute atomic E-state index is 13.0. The fourth-order valence-corrected chi connectivity index (χ4v) is 1.72. The van der Waals surface area contributed by atoms with E-state index < -0.39 is 0 Å². The van der Waals surface area contributed by atoms with Crippen molar-refractivity contribution < 1.29 is 4.39 Å². The molecule has 0 spiro atoms. The van der Waals surface area contributed by atoms with E-state index in [1.807, 2.05) is 6.07 Å². The fraction of sp³-hybridized carbons (Fsp3) is 0. The number of hydrogen-bond acceptors (Lipinski definition) is 2. The van der Waals surface area contributed by atoms with Crippen molar-refractivity contribution in [2.75, 3.05) is 5.32 Å². The van der Waals surface area contributed by atoms with E-state index in [4.69, 9.17) is 11.6 Å². The predicted octanol–water partition coefficient (Wildman–Crippen LogP) is 4.38. The molecule has 0 bridgehead atoms. The van der Waals surface area contributed by atoms with E-state index in [0.717, 1.165) is 4.47 Å². The summed E-state index contributed by atoms with van der Waals surface area (Å²) in [4.78, 5) is 4.11. The van der Waals surface area contributed by atoms with Gasteiger partial charge in [-0.2, -0.15) is 0 Å². The summed E-state index contributed by atoms with van der Waals surface area (Å²) >= 11 is 9.26. The molecule has 2 nitrogen and oxygen atoms in total. The molecule has 82 valence electrons. The van der Waals surface area contributed by atoms with E-state index in [-0.39, 0.29) is 5.82 Å². The average molecular weight is 302 g/mol. The molecule has 5 heteroatoms. The van der Waals surface area contributed by atoms with Crippen LogP contribution in [0.5, 0.6) is 0 Å². The van der Waals surface area contributed by atoms with Crippen molar-refractivity contribution in [3.8, 4) is 0 Å². The lowest BCUT2D eigenvalue weighted by molar-refractivity contribution is 0.628. The number of hydrogen-bond donors (Lipinski definition) is 1. The molecule has 0 fully saturated rings. The molecule has 1 aromatic heterocycles. The summed E-state index contributed by atoms with van der Waals surface area (Å²) in [5.74, 6) is 0.244. The van der Waals surface area contributed by atoms with Crippen molar-refractivity contribution in [1.82, 2.24) is 4.98 Å². The topological polar surface area (TPSA) is 24.9 Å². The van der Waals surface area contributed by atoms with Crippen LogP contribution in [0.25, 0.3) is 0 Å². The van der Waals surface area contributed by atoms with Gasteiger partial charge in [-0.25, -0.2) is 9.37 Å². The lowest BCUT2D eigenvalue weighted by Crippen LogP contribution is -1.95. The van der Waals surface area contributed by atoms with Crippen LogP contribution in [-0.4, -0.2) is 4.98 Å². The highest BCUT2D eigenvalue weighted by atomic mass is 79.9. The minimum atomic E-state index is -0.348. The Kier molecular flexibility index (Phi) is 3.41. The second kappa shape index (κ2) is 4.80. The Balaban J connectivity index is 2.34. The number of benzene rings is 1. The molecule has 0 amide bonds. The molecule has 0 atom stereocenters.